The van der Waals surface area contributed by atoms with Gasteiger partial charge in [0.1, 0.15) is 11.3 Å². The van der Waals surface area contributed by atoms with Gasteiger partial charge in [-0.1, -0.05) is 164 Å². The molecule has 0 spiro atoms. The molecule has 0 amide bonds. The second-order valence-corrected chi connectivity index (χ2v) is 15.8. The number of nitrogens with zero attached hydrogens (tertiary/aromatic N) is 1. The monoisotopic (exact) mass is 671 g/mol. The third-order valence-electron chi connectivity index (χ3n) is 10.1. The molecule has 0 saturated carbocycles. The summed E-state index contributed by atoms with van der Waals surface area (Å²) in [6, 6.07) is 61.9. The van der Waals surface area contributed by atoms with Gasteiger partial charge in [-0.2, -0.15) is 0 Å². The highest BCUT2D eigenvalue weighted by Gasteiger charge is 2.29. The van der Waals surface area contributed by atoms with Gasteiger partial charge in [0, 0.05) is 37.6 Å². The number of rotatable bonds is 5. The number of hydrogen-bond acceptors (Lipinski definition) is 3. The third kappa shape index (κ3) is 4.66. The lowest BCUT2D eigenvalue weighted by Crippen LogP contribution is -2.24. The van der Waals surface area contributed by atoms with Crippen LogP contribution in [0.2, 0.25) is 0 Å². The van der Waals surface area contributed by atoms with Gasteiger partial charge in [0.05, 0.1) is 5.52 Å². The number of aromatic nitrogens is 1. The summed E-state index contributed by atoms with van der Waals surface area (Å²) in [5.74, 6) is 0. The van der Waals surface area contributed by atoms with Crippen LogP contribution in [0.5, 0.6) is 0 Å². The van der Waals surface area contributed by atoms with Crippen molar-refractivity contribution in [2.45, 2.75) is 0 Å². The van der Waals surface area contributed by atoms with Crippen LogP contribution in [0.4, 0.5) is 0 Å². The van der Waals surface area contributed by atoms with Gasteiger partial charge in [0.25, 0.3) is 0 Å². The molecule has 3 nitrogen and oxygen atoms in total. The summed E-state index contributed by atoms with van der Waals surface area (Å²) >= 11 is 0. The van der Waals surface area contributed by atoms with Crippen LogP contribution in [0.15, 0.2) is 186 Å². The highest BCUT2D eigenvalue weighted by Crippen LogP contribution is 2.45. The number of furan rings is 1. The summed E-state index contributed by atoms with van der Waals surface area (Å²) in [7, 11) is -3.07. The molecule has 0 N–H and O–H groups in total. The molecule has 0 aliphatic carbocycles. The SMILES string of the molecule is O=P(c1ccccc1)(c1ccccc1)c1ccc(-c2ccc3c(c2)nc(-c2cc4ccccc4c4ccccc24)c2oc4ccccc4c23)cc1. The zero-order chi connectivity index (χ0) is 33.9. The van der Waals surface area contributed by atoms with Crippen LogP contribution >= 0.6 is 7.14 Å². The van der Waals surface area contributed by atoms with Gasteiger partial charge < -0.3 is 8.98 Å². The fourth-order valence-electron chi connectivity index (χ4n) is 7.69. The van der Waals surface area contributed by atoms with Crippen LogP contribution < -0.4 is 15.9 Å². The van der Waals surface area contributed by atoms with Crippen molar-refractivity contribution in [3.05, 3.63) is 182 Å². The standard InChI is InChI=1S/C47H30NO2P/c49-51(34-14-3-1-4-15-34,35-16-5-2-6-17-35)36-26-23-31(24-27-36)32-25-28-40-43(30-32)48-46(47-45(40)41-21-11-12-22-44(41)50-47)42-29-33-13-7-8-18-37(33)38-19-9-10-20-39(38)42/h1-30H. The van der Waals surface area contributed by atoms with E-state index in [0.717, 1.165) is 81.9 Å². The van der Waals surface area contributed by atoms with Crippen molar-refractivity contribution in [1.82, 2.24) is 4.98 Å². The van der Waals surface area contributed by atoms with Crippen LogP contribution in [0.1, 0.15) is 0 Å². The van der Waals surface area contributed by atoms with Gasteiger partial charge in [-0.25, -0.2) is 4.98 Å². The van der Waals surface area contributed by atoms with E-state index in [9.17, 15) is 4.57 Å². The third-order valence-corrected chi connectivity index (χ3v) is 13.2. The van der Waals surface area contributed by atoms with Gasteiger partial charge in [-0.05, 0) is 50.9 Å². The van der Waals surface area contributed by atoms with E-state index in [1.54, 1.807) is 0 Å². The topological polar surface area (TPSA) is 43.1 Å². The van der Waals surface area contributed by atoms with Crippen molar-refractivity contribution >= 4 is 77.4 Å². The lowest BCUT2D eigenvalue weighted by molar-refractivity contribution is 0.592. The molecule has 0 bridgehead atoms. The molecule has 0 aliphatic rings. The summed E-state index contributed by atoms with van der Waals surface area (Å²) in [6.45, 7) is 0. The fraction of sp³-hybridized carbons (Fsp3) is 0. The van der Waals surface area contributed by atoms with E-state index in [0.29, 0.717) is 0 Å². The largest absolute Gasteiger partial charge is 0.454 e. The van der Waals surface area contributed by atoms with E-state index in [-0.39, 0.29) is 0 Å². The molecule has 8 aromatic carbocycles. The Hall–Kier alpha value is -6.28. The first kappa shape index (κ1) is 29.6. The molecule has 10 aromatic rings. The molecule has 4 heteroatoms. The van der Waals surface area contributed by atoms with Gasteiger partial charge in [-0.15, -0.1) is 0 Å². The molecule has 10 rings (SSSR count). The highest BCUT2D eigenvalue weighted by atomic mass is 31.2. The lowest BCUT2D eigenvalue weighted by atomic mass is 9.94. The Balaban J connectivity index is 1.17. The molecule has 0 aliphatic heterocycles. The Morgan fingerprint density at radius 1 is 0.451 bits per heavy atom. The molecule has 2 heterocycles. The van der Waals surface area contributed by atoms with Gasteiger partial charge >= 0.3 is 0 Å². The molecule has 0 fully saturated rings. The predicted molar refractivity (Wildman–Crippen MR) is 214 cm³/mol. The van der Waals surface area contributed by atoms with Crippen LogP contribution in [0.3, 0.4) is 0 Å². The molecule has 0 saturated heterocycles. The summed E-state index contributed by atoms with van der Waals surface area (Å²) in [5, 5.41) is 10.3. The first-order valence-corrected chi connectivity index (χ1v) is 18.9. The first-order valence-electron chi connectivity index (χ1n) is 17.1. The molecule has 51 heavy (non-hydrogen) atoms. The molecule has 0 atom stereocenters. The van der Waals surface area contributed by atoms with E-state index in [1.807, 2.05) is 84.9 Å². The average Bonchev–Trinajstić information content (AvgIpc) is 3.60. The van der Waals surface area contributed by atoms with Crippen LogP contribution in [-0.2, 0) is 4.57 Å². The molecule has 240 valence electrons. The van der Waals surface area contributed by atoms with Crippen molar-refractivity contribution in [2.75, 3.05) is 0 Å². The number of hydrogen-bond donors (Lipinski definition) is 0. The van der Waals surface area contributed by atoms with E-state index < -0.39 is 7.14 Å². The summed E-state index contributed by atoms with van der Waals surface area (Å²) in [4.78, 5) is 5.41. The minimum Gasteiger partial charge on any atom is -0.454 e. The van der Waals surface area contributed by atoms with Crippen molar-refractivity contribution < 1.29 is 8.98 Å². The highest BCUT2D eigenvalue weighted by molar-refractivity contribution is 7.85. The Labute approximate surface area is 294 Å². The van der Waals surface area contributed by atoms with E-state index >= 15 is 0 Å². The summed E-state index contributed by atoms with van der Waals surface area (Å²) in [5.41, 5.74) is 6.47. The molecular formula is C47H30NO2P. The maximum atomic E-state index is 15.0. The zero-order valence-electron chi connectivity index (χ0n) is 27.5. The summed E-state index contributed by atoms with van der Waals surface area (Å²) < 4.78 is 21.6. The van der Waals surface area contributed by atoms with E-state index in [1.165, 1.54) is 10.8 Å². The van der Waals surface area contributed by atoms with Crippen LogP contribution in [0, 0.1) is 0 Å². The van der Waals surface area contributed by atoms with Gasteiger partial charge in [0.2, 0.25) is 0 Å². The van der Waals surface area contributed by atoms with Gasteiger partial charge in [0.15, 0.2) is 12.7 Å². The molecule has 0 radical (unpaired) electrons. The zero-order valence-corrected chi connectivity index (χ0v) is 28.4. The fourth-order valence-corrected chi connectivity index (χ4v) is 10.3. The molecule has 2 aromatic heterocycles. The minimum atomic E-state index is -3.07. The second-order valence-electron chi connectivity index (χ2n) is 13.0. The quantitative estimate of drug-likeness (QED) is 0.135. The maximum Gasteiger partial charge on any atom is 0.171 e. The number of benzene rings is 8. The Kier molecular flexibility index (Phi) is 6.77. The van der Waals surface area contributed by atoms with E-state index in [4.69, 9.17) is 9.40 Å². The number of pyridine rings is 1. The van der Waals surface area contributed by atoms with Crippen molar-refractivity contribution in [3.8, 4) is 22.4 Å². The van der Waals surface area contributed by atoms with Crippen LogP contribution in [0.25, 0.3) is 76.8 Å². The average molecular weight is 672 g/mol. The van der Waals surface area contributed by atoms with E-state index in [2.05, 4.69) is 97.1 Å². The van der Waals surface area contributed by atoms with Crippen LogP contribution in [-0.4, -0.2) is 4.98 Å². The Bertz CT molecular complexity index is 2940. The number of para-hydroxylation sites is 1. The van der Waals surface area contributed by atoms with Gasteiger partial charge in [-0.3, -0.25) is 0 Å². The smallest absolute Gasteiger partial charge is 0.171 e. The predicted octanol–water partition coefficient (Wildman–Crippen LogP) is 11.4. The normalized spacial score (nSPS) is 12.0. The molecular weight excluding hydrogens is 641 g/mol. The lowest BCUT2D eigenvalue weighted by Gasteiger charge is -2.20. The van der Waals surface area contributed by atoms with Crippen molar-refractivity contribution in [1.29, 1.82) is 0 Å². The summed E-state index contributed by atoms with van der Waals surface area (Å²) in [6.07, 6.45) is 0. The van der Waals surface area contributed by atoms with Crippen molar-refractivity contribution in [2.24, 2.45) is 0 Å². The minimum absolute atomic E-state index is 0.791. The second kappa shape index (κ2) is 11.7. The van der Waals surface area contributed by atoms with Crippen molar-refractivity contribution in [3.63, 3.8) is 0 Å². The Morgan fingerprint density at radius 2 is 1.02 bits per heavy atom. The first-order chi connectivity index (χ1) is 25.2. The number of fused-ring (bicyclic) bond motifs is 8. The Morgan fingerprint density at radius 3 is 1.75 bits per heavy atom. The molecule has 0 unspecified atom stereocenters. The maximum absolute atomic E-state index is 15.0.